The zero-order valence-electron chi connectivity index (χ0n) is 10.9. The molecule has 2 rings (SSSR count). The minimum absolute atomic E-state index is 0.177. The van der Waals surface area contributed by atoms with Crippen molar-refractivity contribution in [2.45, 2.75) is 13.3 Å². The van der Waals surface area contributed by atoms with Gasteiger partial charge in [-0.25, -0.2) is 4.98 Å². The summed E-state index contributed by atoms with van der Waals surface area (Å²) < 4.78 is 4.86. The molecule has 0 aliphatic carbocycles. The number of aromatic nitrogens is 2. The number of hydrazone groups is 1. The largest absolute Gasteiger partial charge is 0.466 e. The second kappa shape index (κ2) is 7.34. The highest BCUT2D eigenvalue weighted by Crippen LogP contribution is 2.15. The van der Waals surface area contributed by atoms with Gasteiger partial charge in [0.1, 0.15) is 0 Å². The molecule has 0 saturated heterocycles. The quantitative estimate of drug-likeness (QED) is 0.501. The van der Waals surface area contributed by atoms with Crippen molar-refractivity contribution in [1.29, 1.82) is 0 Å². The molecule has 0 amide bonds. The van der Waals surface area contributed by atoms with Crippen LogP contribution in [0.3, 0.4) is 0 Å². The Balaban J connectivity index is 1.87. The molecule has 0 radical (unpaired) electrons. The smallest absolute Gasteiger partial charge is 0.311 e. The standard InChI is InChI=1S/C13H14N4O2S/c1-2-19-12(18)7-11-9-20-13(16-11)17-15-8-10-5-3-4-6-14-10/h3-6,8-9H,2,7H2,1H3,(H,16,17)/b15-8-. The number of rotatable bonds is 6. The molecule has 6 nitrogen and oxygen atoms in total. The van der Waals surface area contributed by atoms with E-state index in [1.54, 1.807) is 24.7 Å². The summed E-state index contributed by atoms with van der Waals surface area (Å²) in [6.45, 7) is 2.15. The average Bonchev–Trinajstić information content (AvgIpc) is 2.88. The van der Waals surface area contributed by atoms with E-state index < -0.39 is 0 Å². The first kappa shape index (κ1) is 14.1. The lowest BCUT2D eigenvalue weighted by atomic mass is 10.3. The number of carbonyl (C=O) groups is 1. The molecule has 0 atom stereocenters. The van der Waals surface area contributed by atoms with Crippen LogP contribution in [0.5, 0.6) is 0 Å². The van der Waals surface area contributed by atoms with Crippen LogP contribution in [0.4, 0.5) is 5.13 Å². The lowest BCUT2D eigenvalue weighted by molar-refractivity contribution is -0.142. The van der Waals surface area contributed by atoms with E-state index in [0.29, 0.717) is 17.4 Å². The number of nitrogens with zero attached hydrogens (tertiary/aromatic N) is 3. The van der Waals surface area contributed by atoms with Gasteiger partial charge in [0.15, 0.2) is 0 Å². The molecule has 0 fully saturated rings. The molecule has 0 unspecified atom stereocenters. The van der Waals surface area contributed by atoms with E-state index in [0.717, 1.165) is 5.69 Å². The number of hydrogen-bond donors (Lipinski definition) is 1. The van der Waals surface area contributed by atoms with Crippen LogP contribution < -0.4 is 5.43 Å². The predicted octanol–water partition coefficient (Wildman–Crippen LogP) is 2.09. The number of carbonyl (C=O) groups excluding carboxylic acids is 1. The van der Waals surface area contributed by atoms with Crippen molar-refractivity contribution >= 4 is 28.7 Å². The average molecular weight is 290 g/mol. The van der Waals surface area contributed by atoms with Crippen LogP contribution in [0.25, 0.3) is 0 Å². The Morgan fingerprint density at radius 3 is 3.20 bits per heavy atom. The summed E-state index contributed by atoms with van der Waals surface area (Å²) in [5, 5.41) is 6.46. The van der Waals surface area contributed by atoms with Crippen molar-refractivity contribution in [3.63, 3.8) is 0 Å². The molecule has 0 aliphatic rings. The van der Waals surface area contributed by atoms with Gasteiger partial charge in [-0.1, -0.05) is 6.07 Å². The fraction of sp³-hybridized carbons (Fsp3) is 0.231. The van der Waals surface area contributed by atoms with E-state index in [1.165, 1.54) is 11.3 Å². The zero-order valence-corrected chi connectivity index (χ0v) is 11.8. The molecule has 2 heterocycles. The van der Waals surface area contributed by atoms with Gasteiger partial charge in [0, 0.05) is 11.6 Å². The van der Waals surface area contributed by atoms with Crippen molar-refractivity contribution < 1.29 is 9.53 Å². The van der Waals surface area contributed by atoms with Crippen LogP contribution in [0.2, 0.25) is 0 Å². The maximum atomic E-state index is 11.3. The summed E-state index contributed by atoms with van der Waals surface area (Å²) in [5.41, 5.74) is 4.23. The first-order valence-corrected chi connectivity index (χ1v) is 6.96. The number of ether oxygens (including phenoxy) is 1. The van der Waals surface area contributed by atoms with Crippen LogP contribution in [0.15, 0.2) is 34.9 Å². The number of thiazole rings is 1. The Labute approximate surface area is 120 Å². The molecule has 0 saturated carbocycles. The van der Waals surface area contributed by atoms with Gasteiger partial charge in [-0.3, -0.25) is 15.2 Å². The van der Waals surface area contributed by atoms with E-state index in [-0.39, 0.29) is 12.4 Å². The van der Waals surface area contributed by atoms with E-state index in [9.17, 15) is 4.79 Å². The molecule has 2 aromatic rings. The van der Waals surface area contributed by atoms with Crippen molar-refractivity contribution in [2.24, 2.45) is 5.10 Å². The van der Waals surface area contributed by atoms with Crippen LogP contribution in [0, 0.1) is 0 Å². The number of nitrogens with one attached hydrogen (secondary N) is 1. The van der Waals surface area contributed by atoms with Gasteiger partial charge in [-0.15, -0.1) is 11.3 Å². The van der Waals surface area contributed by atoms with Gasteiger partial charge in [0.05, 0.1) is 30.6 Å². The number of esters is 1. The molecule has 7 heteroatoms. The summed E-state index contributed by atoms with van der Waals surface area (Å²) >= 11 is 1.38. The third-order valence-electron chi connectivity index (χ3n) is 2.23. The minimum Gasteiger partial charge on any atom is -0.466 e. The van der Waals surface area contributed by atoms with E-state index in [2.05, 4.69) is 20.5 Å². The highest BCUT2D eigenvalue weighted by molar-refractivity contribution is 7.13. The molecule has 2 aromatic heterocycles. The summed E-state index contributed by atoms with van der Waals surface area (Å²) in [5.74, 6) is -0.277. The van der Waals surface area contributed by atoms with Crippen LogP contribution in [0.1, 0.15) is 18.3 Å². The first-order valence-electron chi connectivity index (χ1n) is 6.08. The molecule has 0 aliphatic heterocycles. The summed E-state index contributed by atoms with van der Waals surface area (Å²) in [4.78, 5) is 19.6. The monoisotopic (exact) mass is 290 g/mol. The SMILES string of the molecule is CCOC(=O)Cc1csc(N/N=C\c2ccccn2)n1. The Hall–Kier alpha value is -2.28. The molecular weight excluding hydrogens is 276 g/mol. The molecule has 1 N–H and O–H groups in total. The lowest BCUT2D eigenvalue weighted by Gasteiger charge is -1.98. The van der Waals surface area contributed by atoms with Crippen LogP contribution in [-0.2, 0) is 16.0 Å². The topological polar surface area (TPSA) is 76.5 Å². The summed E-state index contributed by atoms with van der Waals surface area (Å²) in [6, 6.07) is 5.57. The third-order valence-corrected chi connectivity index (χ3v) is 3.02. The minimum atomic E-state index is -0.277. The molecule has 0 aromatic carbocycles. The Morgan fingerprint density at radius 2 is 2.45 bits per heavy atom. The maximum Gasteiger partial charge on any atom is 0.311 e. The fourth-order valence-electron chi connectivity index (χ4n) is 1.41. The fourth-order valence-corrected chi connectivity index (χ4v) is 2.06. The first-order chi connectivity index (χ1) is 9.78. The highest BCUT2D eigenvalue weighted by atomic mass is 32.1. The van der Waals surface area contributed by atoms with Crippen molar-refractivity contribution in [3.8, 4) is 0 Å². The number of anilines is 1. The summed E-state index contributed by atoms with van der Waals surface area (Å²) in [6.07, 6.45) is 3.48. The molecular formula is C13H14N4O2S. The van der Waals surface area contributed by atoms with E-state index >= 15 is 0 Å². The molecule has 0 bridgehead atoms. The summed E-state index contributed by atoms with van der Waals surface area (Å²) in [7, 11) is 0. The van der Waals surface area contributed by atoms with Crippen molar-refractivity contribution in [2.75, 3.05) is 12.0 Å². The Kier molecular flexibility index (Phi) is 5.19. The van der Waals surface area contributed by atoms with Crippen LogP contribution >= 0.6 is 11.3 Å². The maximum absolute atomic E-state index is 11.3. The number of hydrogen-bond acceptors (Lipinski definition) is 7. The molecule has 0 spiro atoms. The van der Waals surface area contributed by atoms with Gasteiger partial charge in [-0.05, 0) is 19.1 Å². The lowest BCUT2D eigenvalue weighted by Crippen LogP contribution is -2.07. The van der Waals surface area contributed by atoms with Crippen molar-refractivity contribution in [3.05, 3.63) is 41.2 Å². The zero-order chi connectivity index (χ0) is 14.2. The van der Waals surface area contributed by atoms with Crippen LogP contribution in [-0.4, -0.2) is 28.8 Å². The molecule has 104 valence electrons. The third kappa shape index (κ3) is 4.43. The normalized spacial score (nSPS) is 10.7. The second-order valence-corrected chi connectivity index (χ2v) is 4.61. The van der Waals surface area contributed by atoms with E-state index in [4.69, 9.17) is 4.74 Å². The van der Waals surface area contributed by atoms with E-state index in [1.807, 2.05) is 18.2 Å². The second-order valence-electron chi connectivity index (χ2n) is 3.75. The Bertz CT molecular complexity index is 583. The van der Waals surface area contributed by atoms with Crippen molar-refractivity contribution in [1.82, 2.24) is 9.97 Å². The van der Waals surface area contributed by atoms with Gasteiger partial charge in [0.2, 0.25) is 5.13 Å². The van der Waals surface area contributed by atoms with Gasteiger partial charge in [0.25, 0.3) is 0 Å². The highest BCUT2D eigenvalue weighted by Gasteiger charge is 2.07. The Morgan fingerprint density at radius 1 is 1.55 bits per heavy atom. The van der Waals surface area contributed by atoms with Gasteiger partial charge < -0.3 is 4.74 Å². The predicted molar refractivity (Wildman–Crippen MR) is 77.9 cm³/mol. The number of pyridine rings is 1. The molecule has 20 heavy (non-hydrogen) atoms. The van der Waals surface area contributed by atoms with Gasteiger partial charge >= 0.3 is 5.97 Å². The van der Waals surface area contributed by atoms with Gasteiger partial charge in [-0.2, -0.15) is 5.10 Å².